The lowest BCUT2D eigenvalue weighted by molar-refractivity contribution is -0.532. The fourth-order valence-corrected chi connectivity index (χ4v) is 1.07. The summed E-state index contributed by atoms with van der Waals surface area (Å²) in [5, 5.41) is 19.0. The number of halogens is 3. The van der Waals surface area contributed by atoms with E-state index in [1.807, 2.05) is 0 Å². The zero-order valence-electron chi connectivity index (χ0n) is 7.28. The third kappa shape index (κ3) is 2.24. The SMILES string of the molecule is O=[N+]([O-])C(CO)c1cc(F)c(F)cc1F. The lowest BCUT2D eigenvalue weighted by Crippen LogP contribution is -2.16. The van der Waals surface area contributed by atoms with Gasteiger partial charge >= 0.3 is 0 Å². The van der Waals surface area contributed by atoms with Crippen molar-refractivity contribution in [2.24, 2.45) is 0 Å². The van der Waals surface area contributed by atoms with Crippen LogP contribution in [0.2, 0.25) is 0 Å². The van der Waals surface area contributed by atoms with Crippen molar-refractivity contribution in [1.29, 1.82) is 0 Å². The van der Waals surface area contributed by atoms with E-state index in [4.69, 9.17) is 5.11 Å². The van der Waals surface area contributed by atoms with Crippen LogP contribution in [0.4, 0.5) is 13.2 Å². The molecule has 0 bridgehead atoms. The number of hydrogen-bond acceptors (Lipinski definition) is 3. The summed E-state index contributed by atoms with van der Waals surface area (Å²) in [6.45, 7) is -0.991. The van der Waals surface area contributed by atoms with Gasteiger partial charge in [0.25, 0.3) is 6.04 Å². The molecule has 0 amide bonds. The first-order valence-corrected chi connectivity index (χ1v) is 3.86. The van der Waals surface area contributed by atoms with Crippen LogP contribution >= 0.6 is 0 Å². The fourth-order valence-electron chi connectivity index (χ4n) is 1.07. The molecule has 15 heavy (non-hydrogen) atoms. The van der Waals surface area contributed by atoms with E-state index in [1.54, 1.807) is 0 Å². The van der Waals surface area contributed by atoms with Gasteiger partial charge in [-0.05, 0) is 6.07 Å². The second-order valence-electron chi connectivity index (χ2n) is 2.77. The average molecular weight is 221 g/mol. The number of hydrogen-bond donors (Lipinski definition) is 1. The summed E-state index contributed by atoms with van der Waals surface area (Å²) in [6.07, 6.45) is 0. The van der Waals surface area contributed by atoms with Crippen LogP contribution in [0.1, 0.15) is 11.6 Å². The van der Waals surface area contributed by atoms with E-state index >= 15 is 0 Å². The third-order valence-corrected chi connectivity index (χ3v) is 1.83. The number of rotatable bonds is 3. The maximum Gasteiger partial charge on any atom is 0.263 e. The van der Waals surface area contributed by atoms with Gasteiger partial charge in [-0.3, -0.25) is 10.1 Å². The molecule has 0 aromatic heterocycles. The van der Waals surface area contributed by atoms with Crippen LogP contribution in [0.15, 0.2) is 12.1 Å². The van der Waals surface area contributed by atoms with Crippen molar-refractivity contribution < 1.29 is 23.2 Å². The Hall–Kier alpha value is -1.63. The predicted molar refractivity (Wildman–Crippen MR) is 43.1 cm³/mol. The van der Waals surface area contributed by atoms with Gasteiger partial charge in [0, 0.05) is 11.0 Å². The highest BCUT2D eigenvalue weighted by molar-refractivity contribution is 5.22. The van der Waals surface area contributed by atoms with Gasteiger partial charge in [-0.15, -0.1) is 0 Å². The van der Waals surface area contributed by atoms with E-state index in [9.17, 15) is 23.3 Å². The Morgan fingerprint density at radius 2 is 1.80 bits per heavy atom. The molecule has 7 heteroatoms. The normalized spacial score (nSPS) is 12.5. The molecular formula is C8H6F3NO3. The minimum Gasteiger partial charge on any atom is -0.389 e. The maximum absolute atomic E-state index is 13.0. The van der Waals surface area contributed by atoms with Crippen molar-refractivity contribution in [1.82, 2.24) is 0 Å². The van der Waals surface area contributed by atoms with Gasteiger partial charge in [0.2, 0.25) is 0 Å². The van der Waals surface area contributed by atoms with Crippen molar-refractivity contribution >= 4 is 0 Å². The van der Waals surface area contributed by atoms with Crippen molar-refractivity contribution in [3.8, 4) is 0 Å². The fraction of sp³-hybridized carbons (Fsp3) is 0.250. The highest BCUT2D eigenvalue weighted by atomic mass is 19.2. The molecule has 0 fully saturated rings. The Labute approximate surface area is 82.1 Å². The van der Waals surface area contributed by atoms with Gasteiger partial charge in [0.1, 0.15) is 12.4 Å². The first-order chi connectivity index (χ1) is 6.97. The Bertz CT molecular complexity index is 397. The van der Waals surface area contributed by atoms with Crippen LogP contribution < -0.4 is 0 Å². The maximum atomic E-state index is 13.0. The van der Waals surface area contributed by atoms with Crippen molar-refractivity contribution in [3.05, 3.63) is 45.3 Å². The summed E-state index contributed by atoms with van der Waals surface area (Å²) in [5.74, 6) is -4.09. The van der Waals surface area contributed by atoms with Crippen molar-refractivity contribution in [2.45, 2.75) is 6.04 Å². The quantitative estimate of drug-likeness (QED) is 0.477. The first-order valence-electron chi connectivity index (χ1n) is 3.86. The van der Waals surface area contributed by atoms with Crippen LogP contribution in [0.5, 0.6) is 0 Å². The molecule has 1 aromatic rings. The minimum absolute atomic E-state index is 0.205. The minimum atomic E-state index is -1.79. The smallest absolute Gasteiger partial charge is 0.263 e. The molecule has 0 aliphatic heterocycles. The summed E-state index contributed by atoms with van der Waals surface area (Å²) in [6, 6.07) is -1.22. The average Bonchev–Trinajstić information content (AvgIpc) is 2.14. The molecule has 1 aromatic carbocycles. The molecule has 1 N–H and O–H groups in total. The predicted octanol–water partition coefficient (Wildman–Crippen LogP) is 1.41. The number of benzene rings is 1. The van der Waals surface area contributed by atoms with Gasteiger partial charge in [0.05, 0.1) is 5.56 Å². The lowest BCUT2D eigenvalue weighted by atomic mass is 10.1. The highest BCUT2D eigenvalue weighted by Crippen LogP contribution is 2.22. The molecule has 1 rings (SSSR count). The summed E-state index contributed by atoms with van der Waals surface area (Å²) in [5.41, 5.74) is -0.679. The largest absolute Gasteiger partial charge is 0.389 e. The lowest BCUT2D eigenvalue weighted by Gasteiger charge is -2.07. The molecular weight excluding hydrogens is 215 g/mol. The van der Waals surface area contributed by atoms with E-state index in [1.165, 1.54) is 0 Å². The first kappa shape index (κ1) is 11.4. The Morgan fingerprint density at radius 3 is 2.27 bits per heavy atom. The van der Waals surface area contributed by atoms with Gasteiger partial charge in [0.15, 0.2) is 11.6 Å². The van der Waals surface area contributed by atoms with Crippen LogP contribution in [-0.2, 0) is 0 Å². The second kappa shape index (κ2) is 4.26. The number of aliphatic hydroxyl groups is 1. The number of aliphatic hydroxyl groups excluding tert-OH is 1. The Kier molecular flexibility index (Phi) is 3.25. The topological polar surface area (TPSA) is 63.4 Å². The molecule has 0 radical (unpaired) electrons. The van der Waals surface area contributed by atoms with Crippen molar-refractivity contribution in [2.75, 3.05) is 6.61 Å². The van der Waals surface area contributed by atoms with Crippen molar-refractivity contribution in [3.63, 3.8) is 0 Å². The van der Waals surface area contributed by atoms with E-state index in [-0.39, 0.29) is 6.07 Å². The molecule has 1 unspecified atom stereocenters. The Balaban J connectivity index is 3.24. The monoisotopic (exact) mass is 221 g/mol. The van der Waals surface area contributed by atoms with Gasteiger partial charge in [-0.25, -0.2) is 13.2 Å². The van der Waals surface area contributed by atoms with Crippen LogP contribution in [-0.4, -0.2) is 16.6 Å². The molecule has 0 saturated heterocycles. The van der Waals surface area contributed by atoms with E-state index < -0.39 is 40.6 Å². The number of nitro groups is 1. The summed E-state index contributed by atoms with van der Waals surface area (Å²) < 4.78 is 38.2. The zero-order valence-corrected chi connectivity index (χ0v) is 7.28. The van der Waals surface area contributed by atoms with Crippen LogP contribution in [0.25, 0.3) is 0 Å². The molecule has 0 saturated carbocycles. The summed E-state index contributed by atoms with van der Waals surface area (Å²) >= 11 is 0. The molecule has 0 aliphatic rings. The van der Waals surface area contributed by atoms with E-state index in [0.717, 1.165) is 0 Å². The summed E-state index contributed by atoms with van der Waals surface area (Å²) in [7, 11) is 0. The van der Waals surface area contributed by atoms with Crippen LogP contribution in [0.3, 0.4) is 0 Å². The molecule has 4 nitrogen and oxygen atoms in total. The molecule has 0 heterocycles. The van der Waals surface area contributed by atoms with Gasteiger partial charge in [-0.2, -0.15) is 0 Å². The zero-order chi connectivity index (χ0) is 11.6. The molecule has 82 valence electrons. The van der Waals surface area contributed by atoms with Crippen LogP contribution in [0, 0.1) is 27.6 Å². The third-order valence-electron chi connectivity index (χ3n) is 1.83. The van der Waals surface area contributed by atoms with E-state index in [0.29, 0.717) is 6.07 Å². The molecule has 0 spiro atoms. The Morgan fingerprint density at radius 1 is 1.27 bits per heavy atom. The molecule has 1 atom stereocenters. The van der Waals surface area contributed by atoms with Gasteiger partial charge in [-0.1, -0.05) is 0 Å². The van der Waals surface area contributed by atoms with E-state index in [2.05, 4.69) is 0 Å². The molecule has 0 aliphatic carbocycles. The van der Waals surface area contributed by atoms with Gasteiger partial charge < -0.3 is 5.11 Å². The summed E-state index contributed by atoms with van der Waals surface area (Å²) in [4.78, 5) is 9.37. The standard InChI is InChI=1S/C8H6F3NO3/c9-5-2-7(11)6(10)1-4(5)8(3-13)12(14)15/h1-2,8,13H,3H2. The highest BCUT2D eigenvalue weighted by Gasteiger charge is 2.27. The number of nitrogens with zero attached hydrogens (tertiary/aromatic N) is 1. The second-order valence-corrected chi connectivity index (χ2v) is 2.77.